The predicted molar refractivity (Wildman–Crippen MR) is 35.8 cm³/mol. The largest absolute Gasteiger partial charge is 3.00 e. The van der Waals surface area contributed by atoms with Crippen LogP contribution in [-0.4, -0.2) is 0 Å². The van der Waals surface area contributed by atoms with E-state index < -0.39 is 0 Å². The summed E-state index contributed by atoms with van der Waals surface area (Å²) in [4.78, 5) is 0. The van der Waals surface area contributed by atoms with Crippen LogP contribution in [0.25, 0.3) is 0 Å². The van der Waals surface area contributed by atoms with E-state index in [4.69, 9.17) is 71.0 Å². The van der Waals surface area contributed by atoms with Crippen molar-refractivity contribution in [3.05, 3.63) is 39.4 Å². The summed E-state index contributed by atoms with van der Waals surface area (Å²) in [6, 6.07) is 0. The maximum absolute atomic E-state index is 6.25. The number of hydrogen-bond donors (Lipinski definition) is 1. The third-order valence-corrected chi connectivity index (χ3v) is 0. The second-order valence-electron chi connectivity index (χ2n) is 0. The van der Waals surface area contributed by atoms with Crippen LogP contribution < -0.4 is 6.15 Å². The Morgan fingerprint density at radius 2 is 0.375 bits per heavy atom. The van der Waals surface area contributed by atoms with Gasteiger partial charge < -0.3 is 77.2 Å². The van der Waals surface area contributed by atoms with Crippen molar-refractivity contribution < 1.29 is 51.2 Å². The van der Waals surface area contributed by atoms with Crippen molar-refractivity contribution in [2.24, 2.45) is 0 Å². The van der Waals surface area contributed by atoms with Gasteiger partial charge >= 0.3 is 51.2 Å². The van der Waals surface area contributed by atoms with E-state index in [9.17, 15) is 0 Å². The molecule has 85 valence electrons. The summed E-state index contributed by atoms with van der Waals surface area (Å²) >= 11 is 0. The van der Waals surface area contributed by atoms with Crippen LogP contribution in [0.3, 0.4) is 0 Å². The fraction of sp³-hybridized carbons (Fsp3) is 0. The van der Waals surface area contributed by atoms with E-state index >= 15 is 0 Å². The summed E-state index contributed by atoms with van der Waals surface area (Å²) in [5.74, 6) is 0. The second kappa shape index (κ2) is 879. The Morgan fingerprint density at radius 1 is 0.375 bits per heavy atom. The van der Waals surface area contributed by atoms with Gasteiger partial charge in [-0.1, -0.05) is 0 Å². The monoisotopic (exact) mass is 342 g/mol. The molecule has 0 heterocycles. The van der Waals surface area contributed by atoms with Crippen molar-refractivity contribution in [3.63, 3.8) is 0 Å². The van der Waals surface area contributed by atoms with Crippen molar-refractivity contribution in [1.29, 1.82) is 31.6 Å². The first-order valence-corrected chi connectivity index (χ1v) is 1.34. The molecule has 0 fully saturated rings. The minimum Gasteiger partial charge on any atom is -0.512 e. The number of quaternary nitrogens is 1. The normalized spacial score (nSPS) is 0.750. The average Bonchev–Trinajstić information content (AvgIpc) is 2.33. The molecule has 0 unspecified atom stereocenters. The van der Waals surface area contributed by atoms with Crippen molar-refractivity contribution in [2.45, 2.75) is 0 Å². The van der Waals surface area contributed by atoms with Crippen LogP contribution in [0.5, 0.6) is 0 Å². The number of nitrogens with zero attached hydrogens (tertiary/aromatic N) is 6. The summed E-state index contributed by atoms with van der Waals surface area (Å²) in [7, 11) is 0. The second-order valence-corrected chi connectivity index (χ2v) is 0. The van der Waals surface area contributed by atoms with E-state index in [1.54, 1.807) is 0 Å². The first kappa shape index (κ1) is 132. The maximum atomic E-state index is 6.25. The van der Waals surface area contributed by atoms with Crippen LogP contribution in [0.15, 0.2) is 0 Å². The topological polar surface area (TPSA) is 179 Å². The zero-order chi connectivity index (χ0) is 12.0. The smallest absolute Gasteiger partial charge is 0.512 e. The molecule has 0 aliphatic heterocycles. The van der Waals surface area contributed by atoms with E-state index in [1.807, 2.05) is 0 Å². The van der Waals surface area contributed by atoms with Crippen LogP contribution >= 0.6 is 0 Å². The molecule has 0 saturated carbocycles. The molecule has 1 radical (unpaired) electrons. The third-order valence-electron chi connectivity index (χ3n) is 0. The van der Waals surface area contributed by atoms with Crippen molar-refractivity contribution in [2.75, 3.05) is 0 Å². The Morgan fingerprint density at radius 3 is 0.375 bits per heavy atom. The molecule has 0 amide bonds. The van der Waals surface area contributed by atoms with E-state index in [0.29, 0.717) is 0 Å². The standard InChI is InChI=1S/6CN.3Fe.H3N/c6*1-2;;;;/h;;;;;;;;;1H3/q6*-1;2*+2;+3;/p+1. The fourth-order valence-electron chi connectivity index (χ4n) is 0. The zero-order valence-electron chi connectivity index (χ0n) is 7.74. The van der Waals surface area contributed by atoms with Gasteiger partial charge in [0.05, 0.1) is 0 Å². The van der Waals surface area contributed by atoms with E-state index in [0.717, 1.165) is 0 Å². The molecule has 10 heteroatoms. The molecular weight excluding hydrogens is 338 g/mol. The number of rotatable bonds is 0. The molecule has 0 aromatic rings. The van der Waals surface area contributed by atoms with Crippen molar-refractivity contribution >= 4 is 0 Å². The molecule has 0 rings (SSSR count). The third kappa shape index (κ3) is 688. The van der Waals surface area contributed by atoms with Gasteiger partial charge in [0.1, 0.15) is 0 Å². The minimum absolute atomic E-state index is 0. The van der Waals surface area contributed by atoms with E-state index in [-0.39, 0.29) is 57.4 Å². The molecule has 4 N–H and O–H groups in total. The molecule has 0 aliphatic rings. The van der Waals surface area contributed by atoms with Crippen molar-refractivity contribution in [1.82, 2.24) is 6.15 Å². The summed E-state index contributed by atoms with van der Waals surface area (Å²) in [5, 5.41) is 37.5. The molecule has 0 spiro atoms. The molecule has 0 aromatic carbocycles. The van der Waals surface area contributed by atoms with Gasteiger partial charge in [0.25, 0.3) is 0 Å². The maximum Gasteiger partial charge on any atom is 3.00 e. The Balaban J connectivity index is -0.00000000321. The SMILES string of the molecule is [C-]#N.[C-]#N.[C-]#N.[C-]#N.[C-]#N.[C-]#N.[Fe+2].[Fe+2].[Fe+3].[NH4+]. The van der Waals surface area contributed by atoms with Crippen LogP contribution in [0.1, 0.15) is 0 Å². The Kier molecular flexibility index (Phi) is 7240. The molecule has 0 atom stereocenters. The minimum atomic E-state index is 0. The summed E-state index contributed by atoms with van der Waals surface area (Å²) in [6.07, 6.45) is 0. The first-order valence-electron chi connectivity index (χ1n) is 1.34. The molecular formula is C6H4Fe3N7+2. The molecule has 7 nitrogen and oxygen atoms in total. The van der Waals surface area contributed by atoms with Gasteiger partial charge in [-0.15, -0.1) is 0 Å². The van der Waals surface area contributed by atoms with Gasteiger partial charge in [0.2, 0.25) is 0 Å². The van der Waals surface area contributed by atoms with Crippen LogP contribution in [-0.2, 0) is 51.2 Å². The molecule has 0 bridgehead atoms. The van der Waals surface area contributed by atoms with Gasteiger partial charge in [-0.3, -0.25) is 0 Å². The fourth-order valence-corrected chi connectivity index (χ4v) is 0. The summed E-state index contributed by atoms with van der Waals surface area (Å²) in [5.41, 5.74) is 0. The Labute approximate surface area is 128 Å². The molecule has 0 aliphatic carbocycles. The average molecular weight is 342 g/mol. The van der Waals surface area contributed by atoms with Gasteiger partial charge in [0.15, 0.2) is 0 Å². The van der Waals surface area contributed by atoms with E-state index in [1.165, 1.54) is 0 Å². The first-order chi connectivity index (χ1) is 6.00. The predicted octanol–water partition coefficient (Wildman–Crippen LogP) is 0.947. The summed E-state index contributed by atoms with van der Waals surface area (Å²) < 4.78 is 0. The van der Waals surface area contributed by atoms with Crippen molar-refractivity contribution in [3.8, 4) is 0 Å². The van der Waals surface area contributed by atoms with Gasteiger partial charge in [-0.05, 0) is 0 Å². The molecule has 0 saturated heterocycles. The summed E-state index contributed by atoms with van der Waals surface area (Å²) in [6.45, 7) is 28.5. The van der Waals surface area contributed by atoms with Gasteiger partial charge in [-0.25, -0.2) is 0 Å². The molecule has 16 heavy (non-hydrogen) atoms. The quantitative estimate of drug-likeness (QED) is 0.505. The van der Waals surface area contributed by atoms with E-state index in [2.05, 4.69) is 0 Å². The number of hydrogen-bond acceptors (Lipinski definition) is 6. The zero-order valence-corrected chi connectivity index (χ0v) is 11.1. The van der Waals surface area contributed by atoms with Crippen LogP contribution in [0.2, 0.25) is 0 Å². The Bertz CT molecular complexity index is 99.1. The van der Waals surface area contributed by atoms with Gasteiger partial charge in [0, 0.05) is 0 Å². The van der Waals surface area contributed by atoms with Gasteiger partial charge in [-0.2, -0.15) is 0 Å². The van der Waals surface area contributed by atoms with Crippen LogP contribution in [0.4, 0.5) is 0 Å². The Hall–Kier alpha value is -1.54. The van der Waals surface area contributed by atoms with Crippen LogP contribution in [0, 0.1) is 71.0 Å². The molecule has 0 aromatic heterocycles.